The highest BCUT2D eigenvalue weighted by Crippen LogP contribution is 2.20. The zero-order valence-corrected chi connectivity index (χ0v) is 12.3. The van der Waals surface area contributed by atoms with Gasteiger partial charge < -0.3 is 15.0 Å². The van der Waals surface area contributed by atoms with Crippen LogP contribution in [0.5, 0.6) is 0 Å². The quantitative estimate of drug-likeness (QED) is 0.883. The second-order valence-corrected chi connectivity index (χ2v) is 5.38. The molecule has 1 fully saturated rings. The van der Waals surface area contributed by atoms with Crippen LogP contribution in [0.2, 0.25) is 0 Å². The fraction of sp³-hybridized carbons (Fsp3) is 0.667. The smallest absolute Gasteiger partial charge is 0.131 e. The van der Waals surface area contributed by atoms with Gasteiger partial charge in [-0.1, -0.05) is 0 Å². The summed E-state index contributed by atoms with van der Waals surface area (Å²) in [6.45, 7) is 4.83. The molecule has 0 spiro atoms. The van der Waals surface area contributed by atoms with E-state index in [1.54, 1.807) is 0 Å². The molecule has 1 unspecified atom stereocenters. The van der Waals surface area contributed by atoms with Gasteiger partial charge in [0.25, 0.3) is 0 Å². The number of nitrogens with zero attached hydrogens (tertiary/aromatic N) is 2. The Morgan fingerprint density at radius 1 is 1.47 bits per heavy atom. The van der Waals surface area contributed by atoms with Gasteiger partial charge in [0.2, 0.25) is 0 Å². The van der Waals surface area contributed by atoms with Gasteiger partial charge in [-0.15, -0.1) is 0 Å². The Morgan fingerprint density at radius 2 is 2.32 bits per heavy atom. The maximum atomic E-state index is 5.79. The lowest BCUT2D eigenvalue weighted by Crippen LogP contribution is -2.34. The lowest BCUT2D eigenvalue weighted by Gasteiger charge is -2.28. The van der Waals surface area contributed by atoms with Gasteiger partial charge >= 0.3 is 0 Å². The zero-order chi connectivity index (χ0) is 13.7. The number of anilines is 1. The van der Waals surface area contributed by atoms with E-state index >= 15 is 0 Å². The number of hydrogen-bond acceptors (Lipinski definition) is 4. The second kappa shape index (κ2) is 6.87. The van der Waals surface area contributed by atoms with Crippen molar-refractivity contribution in [2.45, 2.75) is 38.8 Å². The topological polar surface area (TPSA) is 37.4 Å². The predicted octanol–water partition coefficient (Wildman–Crippen LogP) is 2.11. The first-order valence-corrected chi connectivity index (χ1v) is 7.13. The highest BCUT2D eigenvalue weighted by atomic mass is 16.5. The maximum absolute atomic E-state index is 5.79. The highest BCUT2D eigenvalue weighted by Gasteiger charge is 2.17. The molecule has 1 aromatic heterocycles. The van der Waals surface area contributed by atoms with E-state index < -0.39 is 0 Å². The third-order valence-corrected chi connectivity index (χ3v) is 3.60. The molecule has 4 heteroatoms. The molecule has 0 aromatic carbocycles. The molecule has 2 rings (SSSR count). The number of aromatic nitrogens is 1. The molecule has 0 bridgehead atoms. The molecule has 0 radical (unpaired) electrons. The summed E-state index contributed by atoms with van der Waals surface area (Å²) < 4.78 is 5.79. The van der Waals surface area contributed by atoms with Crippen molar-refractivity contribution < 1.29 is 4.74 Å². The average Bonchev–Trinajstić information content (AvgIpc) is 2.40. The van der Waals surface area contributed by atoms with Gasteiger partial charge in [-0.05, 0) is 50.4 Å². The summed E-state index contributed by atoms with van der Waals surface area (Å²) >= 11 is 0. The molecule has 1 saturated heterocycles. The molecule has 19 heavy (non-hydrogen) atoms. The molecule has 1 atom stereocenters. The molecule has 0 aliphatic carbocycles. The van der Waals surface area contributed by atoms with Gasteiger partial charge in [0, 0.05) is 32.9 Å². The Morgan fingerprint density at radius 3 is 2.95 bits per heavy atom. The van der Waals surface area contributed by atoms with Gasteiger partial charge in [0.05, 0.1) is 6.10 Å². The third-order valence-electron chi connectivity index (χ3n) is 3.60. The lowest BCUT2D eigenvalue weighted by atomic mass is 10.1. The molecule has 1 aromatic rings. The normalized spacial score (nSPS) is 19.4. The molecule has 1 aliphatic heterocycles. The molecule has 0 amide bonds. The number of nitrogens with one attached hydrogen (secondary N) is 1. The van der Waals surface area contributed by atoms with Gasteiger partial charge in [-0.2, -0.15) is 0 Å². The number of pyridine rings is 1. The van der Waals surface area contributed by atoms with Crippen LogP contribution in [0, 0.1) is 6.92 Å². The predicted molar refractivity (Wildman–Crippen MR) is 78.6 cm³/mol. The van der Waals surface area contributed by atoms with E-state index in [2.05, 4.69) is 35.2 Å². The van der Waals surface area contributed by atoms with Crippen molar-refractivity contribution in [1.82, 2.24) is 10.3 Å². The van der Waals surface area contributed by atoms with Gasteiger partial charge in [0.1, 0.15) is 5.82 Å². The summed E-state index contributed by atoms with van der Waals surface area (Å²) in [5.74, 6) is 1.06. The van der Waals surface area contributed by atoms with Crippen molar-refractivity contribution in [3.05, 3.63) is 23.4 Å². The monoisotopic (exact) mass is 263 g/mol. The van der Waals surface area contributed by atoms with Gasteiger partial charge in [-0.3, -0.25) is 0 Å². The number of aryl methyl sites for hydroxylation is 1. The van der Waals surface area contributed by atoms with E-state index in [1.165, 1.54) is 30.4 Å². The highest BCUT2D eigenvalue weighted by molar-refractivity contribution is 5.46. The SMILES string of the molecule is CNCc1cnc(N(C)CC2CCCCO2)c(C)c1. The van der Waals surface area contributed by atoms with Crippen LogP contribution in [0.25, 0.3) is 0 Å². The molecular weight excluding hydrogens is 238 g/mol. The first-order chi connectivity index (χ1) is 9.20. The van der Waals surface area contributed by atoms with Gasteiger partial charge in [-0.25, -0.2) is 4.98 Å². The van der Waals surface area contributed by atoms with E-state index in [-0.39, 0.29) is 0 Å². The van der Waals surface area contributed by atoms with Crippen LogP contribution in [-0.4, -0.2) is 38.3 Å². The molecule has 1 aliphatic rings. The molecule has 1 N–H and O–H groups in total. The summed E-state index contributed by atoms with van der Waals surface area (Å²) in [5, 5.41) is 3.15. The third kappa shape index (κ3) is 3.91. The molecule has 106 valence electrons. The van der Waals surface area contributed by atoms with Crippen LogP contribution < -0.4 is 10.2 Å². The Bertz CT molecular complexity index is 402. The van der Waals surface area contributed by atoms with E-state index in [0.29, 0.717) is 6.10 Å². The van der Waals surface area contributed by atoms with E-state index in [4.69, 9.17) is 4.74 Å². The standard InChI is InChI=1S/C15H25N3O/c1-12-8-13(9-16-2)10-17-15(12)18(3)11-14-6-4-5-7-19-14/h8,10,14,16H,4-7,9,11H2,1-3H3. The van der Waals surface area contributed by atoms with Crippen LogP contribution in [0.3, 0.4) is 0 Å². The van der Waals surface area contributed by atoms with Crippen LogP contribution in [-0.2, 0) is 11.3 Å². The van der Waals surface area contributed by atoms with Crippen LogP contribution in [0.15, 0.2) is 12.3 Å². The number of rotatable bonds is 5. The summed E-state index contributed by atoms with van der Waals surface area (Å²) in [4.78, 5) is 6.81. The van der Waals surface area contributed by atoms with Crippen molar-refractivity contribution in [2.75, 3.05) is 32.1 Å². The maximum Gasteiger partial charge on any atom is 0.131 e. The molecular formula is C15H25N3O. The zero-order valence-electron chi connectivity index (χ0n) is 12.3. The summed E-state index contributed by atoms with van der Waals surface area (Å²) in [7, 11) is 4.06. The summed E-state index contributed by atoms with van der Waals surface area (Å²) in [6.07, 6.45) is 5.97. The van der Waals surface area contributed by atoms with Crippen molar-refractivity contribution >= 4 is 5.82 Å². The second-order valence-electron chi connectivity index (χ2n) is 5.38. The first kappa shape index (κ1) is 14.3. The molecule has 0 saturated carbocycles. The lowest BCUT2D eigenvalue weighted by molar-refractivity contribution is 0.0215. The fourth-order valence-electron chi connectivity index (χ4n) is 2.67. The van der Waals surface area contributed by atoms with E-state index in [0.717, 1.165) is 25.5 Å². The van der Waals surface area contributed by atoms with Crippen LogP contribution in [0.4, 0.5) is 5.82 Å². The Kier molecular flexibility index (Phi) is 5.16. The van der Waals surface area contributed by atoms with E-state index in [1.807, 2.05) is 13.2 Å². The minimum atomic E-state index is 0.358. The molecule has 4 nitrogen and oxygen atoms in total. The van der Waals surface area contributed by atoms with Crippen molar-refractivity contribution in [2.24, 2.45) is 0 Å². The van der Waals surface area contributed by atoms with Crippen molar-refractivity contribution in [3.63, 3.8) is 0 Å². The first-order valence-electron chi connectivity index (χ1n) is 7.13. The number of likely N-dealkylation sites (N-methyl/N-ethyl adjacent to an activating group) is 1. The Labute approximate surface area is 116 Å². The average molecular weight is 263 g/mol. The number of ether oxygens (including phenoxy) is 1. The Hall–Kier alpha value is -1.13. The summed E-state index contributed by atoms with van der Waals surface area (Å²) in [5.41, 5.74) is 2.46. The van der Waals surface area contributed by atoms with Crippen molar-refractivity contribution in [3.8, 4) is 0 Å². The summed E-state index contributed by atoms with van der Waals surface area (Å²) in [6, 6.07) is 2.21. The largest absolute Gasteiger partial charge is 0.376 e. The van der Waals surface area contributed by atoms with Crippen LogP contribution in [0.1, 0.15) is 30.4 Å². The number of hydrogen-bond donors (Lipinski definition) is 1. The fourth-order valence-corrected chi connectivity index (χ4v) is 2.67. The van der Waals surface area contributed by atoms with Gasteiger partial charge in [0.15, 0.2) is 0 Å². The van der Waals surface area contributed by atoms with Crippen LogP contribution >= 0.6 is 0 Å². The Balaban J connectivity index is 1.99. The minimum absolute atomic E-state index is 0.358. The minimum Gasteiger partial charge on any atom is -0.376 e. The van der Waals surface area contributed by atoms with E-state index in [9.17, 15) is 0 Å². The van der Waals surface area contributed by atoms with Crippen molar-refractivity contribution in [1.29, 1.82) is 0 Å². The molecule has 2 heterocycles.